The third kappa shape index (κ3) is 5.37. The lowest BCUT2D eigenvalue weighted by Gasteiger charge is -2.29. The summed E-state index contributed by atoms with van der Waals surface area (Å²) in [7, 11) is 0. The zero-order chi connectivity index (χ0) is 22.7. The molecule has 0 aliphatic heterocycles. The first-order valence-corrected chi connectivity index (χ1v) is 11.0. The van der Waals surface area contributed by atoms with Crippen molar-refractivity contribution < 1.29 is 27.4 Å². The van der Waals surface area contributed by atoms with Gasteiger partial charge in [-0.2, -0.15) is 18.3 Å². The Morgan fingerprint density at radius 2 is 1.94 bits per heavy atom. The molecule has 2 aliphatic rings. The molecule has 0 spiro atoms. The molecule has 0 radical (unpaired) electrons. The quantitative estimate of drug-likeness (QED) is 0.557. The number of rotatable bonds is 7. The van der Waals surface area contributed by atoms with Crippen LogP contribution in [0.3, 0.4) is 0 Å². The Morgan fingerprint density at radius 3 is 2.66 bits per heavy atom. The van der Waals surface area contributed by atoms with Gasteiger partial charge in [0.05, 0.1) is 31.2 Å². The third-order valence-corrected chi connectivity index (χ3v) is 6.28. The second-order valence-corrected chi connectivity index (χ2v) is 8.52. The summed E-state index contributed by atoms with van der Waals surface area (Å²) in [5.41, 5.74) is 2.52. The molecule has 2 heterocycles. The Labute approximate surface area is 184 Å². The van der Waals surface area contributed by atoms with Crippen molar-refractivity contribution >= 4 is 5.97 Å². The molecule has 172 valence electrons. The predicted molar refractivity (Wildman–Crippen MR) is 110 cm³/mol. The van der Waals surface area contributed by atoms with Crippen molar-refractivity contribution in [3.05, 3.63) is 36.3 Å². The molecule has 2 aliphatic carbocycles. The van der Waals surface area contributed by atoms with E-state index in [9.17, 15) is 18.0 Å². The van der Waals surface area contributed by atoms with Crippen LogP contribution in [0.2, 0.25) is 0 Å². The van der Waals surface area contributed by atoms with E-state index in [-0.39, 0.29) is 36.6 Å². The minimum absolute atomic E-state index is 0.0614. The van der Waals surface area contributed by atoms with E-state index in [2.05, 4.69) is 15.2 Å². The maximum Gasteiger partial charge on any atom is 0.391 e. The number of carbonyl (C=O) groups excluding carboxylic acids is 1. The average Bonchev–Trinajstić information content (AvgIpc) is 3.59. The van der Waals surface area contributed by atoms with Crippen LogP contribution in [0.5, 0.6) is 5.88 Å². The summed E-state index contributed by atoms with van der Waals surface area (Å²) in [5.74, 6) is -1.03. The van der Waals surface area contributed by atoms with E-state index in [0.717, 1.165) is 23.2 Å². The Balaban J connectivity index is 1.35. The molecule has 0 amide bonds. The highest BCUT2D eigenvalue weighted by atomic mass is 19.4. The highest BCUT2D eigenvalue weighted by Crippen LogP contribution is 2.48. The van der Waals surface area contributed by atoms with Crippen LogP contribution in [-0.2, 0) is 9.53 Å². The number of carbonyl (C=O) groups is 1. The van der Waals surface area contributed by atoms with Gasteiger partial charge in [0, 0.05) is 29.4 Å². The van der Waals surface area contributed by atoms with E-state index in [1.54, 1.807) is 25.4 Å². The van der Waals surface area contributed by atoms with Gasteiger partial charge in [-0.3, -0.25) is 9.78 Å². The van der Waals surface area contributed by atoms with Crippen molar-refractivity contribution in [3.63, 3.8) is 0 Å². The number of halogens is 3. The van der Waals surface area contributed by atoms with E-state index in [4.69, 9.17) is 9.47 Å². The molecule has 2 fully saturated rings. The second-order valence-electron chi connectivity index (χ2n) is 8.52. The van der Waals surface area contributed by atoms with Gasteiger partial charge in [0.2, 0.25) is 5.88 Å². The molecule has 2 aromatic heterocycles. The van der Waals surface area contributed by atoms with Gasteiger partial charge in [0.15, 0.2) is 0 Å². The predicted octanol–water partition coefficient (Wildman–Crippen LogP) is 4.95. The highest BCUT2D eigenvalue weighted by molar-refractivity contribution is 5.77. The summed E-state index contributed by atoms with van der Waals surface area (Å²) in [6.45, 7) is 2.48. The van der Waals surface area contributed by atoms with Gasteiger partial charge in [-0.05, 0) is 62.6 Å². The van der Waals surface area contributed by atoms with Gasteiger partial charge in [0.25, 0.3) is 0 Å². The van der Waals surface area contributed by atoms with Crippen LogP contribution in [0.1, 0.15) is 50.6 Å². The molecule has 1 unspecified atom stereocenters. The first-order valence-electron chi connectivity index (χ1n) is 11.0. The number of ether oxygens (including phenoxy) is 2. The summed E-state index contributed by atoms with van der Waals surface area (Å²) in [6, 6.07) is 5.55. The van der Waals surface area contributed by atoms with Gasteiger partial charge < -0.3 is 9.47 Å². The number of hydrogen-bond acceptors (Lipinski definition) is 6. The molecule has 2 aromatic rings. The lowest BCUT2D eigenvalue weighted by Crippen LogP contribution is -2.29. The summed E-state index contributed by atoms with van der Waals surface area (Å²) < 4.78 is 49.3. The first kappa shape index (κ1) is 22.5. The van der Waals surface area contributed by atoms with Crippen molar-refractivity contribution in [2.45, 2.75) is 51.1 Å². The van der Waals surface area contributed by atoms with E-state index in [1.807, 2.05) is 12.1 Å². The van der Waals surface area contributed by atoms with Crippen molar-refractivity contribution in [2.24, 2.45) is 17.8 Å². The van der Waals surface area contributed by atoms with Crippen LogP contribution in [-0.4, -0.2) is 40.5 Å². The summed E-state index contributed by atoms with van der Waals surface area (Å²) in [6.07, 6.45) is 1.23. The number of aromatic nitrogens is 3. The molecular weight excluding hydrogens is 423 g/mol. The van der Waals surface area contributed by atoms with E-state index < -0.39 is 12.1 Å². The minimum Gasteiger partial charge on any atom is -0.476 e. The topological polar surface area (TPSA) is 74.2 Å². The molecule has 32 heavy (non-hydrogen) atoms. The van der Waals surface area contributed by atoms with Gasteiger partial charge in [-0.1, -0.05) is 0 Å². The minimum atomic E-state index is -4.11. The van der Waals surface area contributed by atoms with Crippen LogP contribution in [0.15, 0.2) is 30.6 Å². The van der Waals surface area contributed by atoms with Gasteiger partial charge in [-0.25, -0.2) is 0 Å². The number of esters is 1. The van der Waals surface area contributed by atoms with Crippen LogP contribution in [0.25, 0.3) is 11.1 Å². The molecule has 0 aromatic carbocycles. The van der Waals surface area contributed by atoms with Gasteiger partial charge >= 0.3 is 12.1 Å². The molecule has 0 bridgehead atoms. The highest BCUT2D eigenvalue weighted by Gasteiger charge is 2.46. The molecular formula is C23H26F3N3O3. The fourth-order valence-electron chi connectivity index (χ4n) is 4.30. The molecule has 0 saturated heterocycles. The largest absolute Gasteiger partial charge is 0.476 e. The van der Waals surface area contributed by atoms with E-state index in [1.165, 1.54) is 0 Å². The number of pyridine rings is 1. The molecule has 2 saturated carbocycles. The average molecular weight is 449 g/mol. The van der Waals surface area contributed by atoms with Crippen molar-refractivity contribution in [1.82, 2.24) is 15.2 Å². The lowest BCUT2D eigenvalue weighted by atomic mass is 9.82. The monoisotopic (exact) mass is 449 g/mol. The first-order chi connectivity index (χ1) is 15.3. The van der Waals surface area contributed by atoms with Crippen LogP contribution in [0, 0.1) is 17.8 Å². The number of hydrogen-bond donors (Lipinski definition) is 0. The maximum atomic E-state index is 12.8. The van der Waals surface area contributed by atoms with Crippen LogP contribution in [0.4, 0.5) is 13.2 Å². The maximum absolute atomic E-state index is 12.8. The number of nitrogens with zero attached hydrogens (tertiary/aromatic N) is 3. The van der Waals surface area contributed by atoms with Crippen LogP contribution >= 0.6 is 0 Å². The standard InChI is InChI=1S/C23H26F3N3O3/c1-2-31-22(30)19-11-18(19)20-9-15(7-8-27-20)16-10-21(29-28-12-16)32-13-14-3-5-17(6-4-14)23(24,25)26/h7-10,12,14,17-19H,2-6,11,13H2,1H3/t14?,17?,18?,19-/m1/s1. The van der Waals surface area contributed by atoms with E-state index >= 15 is 0 Å². The Bertz CT molecular complexity index is 945. The van der Waals surface area contributed by atoms with Gasteiger partial charge in [-0.15, -0.1) is 5.10 Å². The van der Waals surface area contributed by atoms with Crippen LogP contribution < -0.4 is 4.74 Å². The summed E-state index contributed by atoms with van der Waals surface area (Å²) >= 11 is 0. The summed E-state index contributed by atoms with van der Waals surface area (Å²) in [4.78, 5) is 16.3. The normalized spacial score (nSPS) is 25.2. The number of alkyl halides is 3. The molecule has 4 rings (SSSR count). The third-order valence-electron chi connectivity index (χ3n) is 6.28. The van der Waals surface area contributed by atoms with E-state index in [0.29, 0.717) is 31.9 Å². The zero-order valence-electron chi connectivity index (χ0n) is 17.8. The Kier molecular flexibility index (Phi) is 6.62. The zero-order valence-corrected chi connectivity index (χ0v) is 17.8. The fraction of sp³-hybridized carbons (Fsp3) is 0.565. The second kappa shape index (κ2) is 9.42. The molecule has 9 heteroatoms. The molecule has 2 atom stereocenters. The fourth-order valence-corrected chi connectivity index (χ4v) is 4.30. The molecule has 6 nitrogen and oxygen atoms in total. The Hall–Kier alpha value is -2.71. The van der Waals surface area contributed by atoms with Crippen molar-refractivity contribution in [1.29, 1.82) is 0 Å². The lowest BCUT2D eigenvalue weighted by molar-refractivity contribution is -0.184. The smallest absolute Gasteiger partial charge is 0.391 e. The molecule has 0 N–H and O–H groups in total. The Morgan fingerprint density at radius 1 is 1.16 bits per heavy atom. The van der Waals surface area contributed by atoms with Crippen molar-refractivity contribution in [3.8, 4) is 17.0 Å². The SMILES string of the molecule is CCOC(=O)[C@@H]1CC1c1cc(-c2cnnc(OCC3CCC(C(F)(F)F)CC3)c2)ccn1. The summed E-state index contributed by atoms with van der Waals surface area (Å²) in [5, 5.41) is 8.01. The van der Waals surface area contributed by atoms with Gasteiger partial charge in [0.1, 0.15) is 0 Å². The van der Waals surface area contributed by atoms with Crippen molar-refractivity contribution in [2.75, 3.05) is 13.2 Å².